The van der Waals surface area contributed by atoms with Gasteiger partial charge in [-0.25, -0.2) is 4.79 Å². The summed E-state index contributed by atoms with van der Waals surface area (Å²) in [5.74, 6) is -0.0429. The average Bonchev–Trinajstić information content (AvgIpc) is 2.08. The number of rotatable bonds is 3. The first-order valence-electron chi connectivity index (χ1n) is 4.59. The zero-order valence-electron chi connectivity index (χ0n) is 7.53. The molecule has 1 N–H and O–H groups in total. The van der Waals surface area contributed by atoms with Gasteiger partial charge in [-0.2, -0.15) is 0 Å². The molecule has 0 atom stereocenters. The molecule has 0 amide bonds. The summed E-state index contributed by atoms with van der Waals surface area (Å²) in [4.78, 5) is 21.0. The number of carboxylic acid groups (broad SMARTS) is 1. The van der Waals surface area contributed by atoms with E-state index >= 15 is 0 Å². The number of Topliss-reactive ketones (excluding diaryl/α,β-unsaturated/α-hetero) is 1. The number of carbonyl (C=O) groups excluding carboxylic acids is 1. The van der Waals surface area contributed by atoms with E-state index in [4.69, 9.17) is 5.11 Å². The standard InChI is InChI=1S/C10H14O3/c11-9-6-4-8(5-7-9)2-1-3-10(12)13/h1,3,8H,2,4-7H2,(H,12,13)/b3-1+. The third-order valence-electron chi connectivity index (χ3n) is 2.39. The Labute approximate surface area is 77.4 Å². The molecule has 0 bridgehead atoms. The lowest BCUT2D eigenvalue weighted by molar-refractivity contribution is -0.131. The van der Waals surface area contributed by atoms with Crippen LogP contribution < -0.4 is 0 Å². The zero-order chi connectivity index (χ0) is 9.68. The maximum Gasteiger partial charge on any atom is 0.327 e. The van der Waals surface area contributed by atoms with Gasteiger partial charge in [0, 0.05) is 18.9 Å². The van der Waals surface area contributed by atoms with Crippen molar-refractivity contribution in [3.63, 3.8) is 0 Å². The van der Waals surface area contributed by atoms with Crippen LogP contribution in [0.1, 0.15) is 32.1 Å². The highest BCUT2D eigenvalue weighted by Gasteiger charge is 2.17. The van der Waals surface area contributed by atoms with E-state index in [1.165, 1.54) is 6.08 Å². The predicted octanol–water partition coefficient (Wildman–Crippen LogP) is 1.78. The fourth-order valence-corrected chi connectivity index (χ4v) is 1.60. The van der Waals surface area contributed by atoms with Crippen molar-refractivity contribution in [3.8, 4) is 0 Å². The Morgan fingerprint density at radius 3 is 2.62 bits per heavy atom. The van der Waals surface area contributed by atoms with Crippen LogP contribution in [-0.2, 0) is 9.59 Å². The minimum absolute atomic E-state index is 0.346. The van der Waals surface area contributed by atoms with E-state index in [2.05, 4.69) is 0 Å². The molecule has 0 radical (unpaired) electrons. The van der Waals surface area contributed by atoms with E-state index in [0.717, 1.165) is 19.3 Å². The summed E-state index contributed by atoms with van der Waals surface area (Å²) in [5, 5.41) is 8.34. The van der Waals surface area contributed by atoms with Crippen LogP contribution in [0.3, 0.4) is 0 Å². The van der Waals surface area contributed by atoms with Gasteiger partial charge in [-0.05, 0) is 25.2 Å². The Morgan fingerprint density at radius 1 is 1.46 bits per heavy atom. The van der Waals surface area contributed by atoms with Crippen molar-refractivity contribution >= 4 is 11.8 Å². The van der Waals surface area contributed by atoms with Gasteiger partial charge in [0.05, 0.1) is 0 Å². The largest absolute Gasteiger partial charge is 0.478 e. The summed E-state index contributed by atoms with van der Waals surface area (Å²) in [6.07, 6.45) is 6.83. The molecule has 0 saturated heterocycles. The van der Waals surface area contributed by atoms with E-state index in [9.17, 15) is 9.59 Å². The van der Waals surface area contributed by atoms with Gasteiger partial charge < -0.3 is 5.11 Å². The lowest BCUT2D eigenvalue weighted by Gasteiger charge is -2.18. The maximum absolute atomic E-state index is 10.9. The van der Waals surface area contributed by atoms with Gasteiger partial charge in [0.1, 0.15) is 5.78 Å². The first-order valence-corrected chi connectivity index (χ1v) is 4.59. The molecule has 0 aliphatic heterocycles. The molecule has 13 heavy (non-hydrogen) atoms. The number of carbonyl (C=O) groups is 2. The van der Waals surface area contributed by atoms with Crippen molar-refractivity contribution in [3.05, 3.63) is 12.2 Å². The van der Waals surface area contributed by atoms with Gasteiger partial charge in [-0.3, -0.25) is 4.79 Å². The Bertz CT molecular complexity index is 220. The highest BCUT2D eigenvalue weighted by molar-refractivity contribution is 5.80. The molecule has 0 unspecified atom stereocenters. The molecule has 1 saturated carbocycles. The van der Waals surface area contributed by atoms with E-state index < -0.39 is 5.97 Å². The van der Waals surface area contributed by atoms with E-state index in [1.807, 2.05) is 0 Å². The van der Waals surface area contributed by atoms with Crippen LogP contribution in [-0.4, -0.2) is 16.9 Å². The van der Waals surface area contributed by atoms with Gasteiger partial charge in [0.25, 0.3) is 0 Å². The van der Waals surface area contributed by atoms with Crippen molar-refractivity contribution < 1.29 is 14.7 Å². The molecule has 0 aromatic heterocycles. The molecule has 3 heteroatoms. The van der Waals surface area contributed by atoms with Crippen molar-refractivity contribution in [1.29, 1.82) is 0 Å². The molecule has 72 valence electrons. The summed E-state index contributed by atoms with van der Waals surface area (Å²) in [5.41, 5.74) is 0. The number of hydrogen-bond donors (Lipinski definition) is 1. The number of ketones is 1. The summed E-state index contributed by atoms with van der Waals surface area (Å²) in [6, 6.07) is 0. The van der Waals surface area contributed by atoms with Crippen molar-refractivity contribution in [2.45, 2.75) is 32.1 Å². The van der Waals surface area contributed by atoms with Gasteiger partial charge >= 0.3 is 5.97 Å². The zero-order valence-corrected chi connectivity index (χ0v) is 7.53. The topological polar surface area (TPSA) is 54.4 Å². The van der Waals surface area contributed by atoms with E-state index in [0.29, 0.717) is 24.5 Å². The lowest BCUT2D eigenvalue weighted by atomic mass is 9.86. The second-order valence-electron chi connectivity index (χ2n) is 3.46. The second-order valence-corrected chi connectivity index (χ2v) is 3.46. The summed E-state index contributed by atoms with van der Waals surface area (Å²) < 4.78 is 0. The Kier molecular flexibility index (Phi) is 3.68. The van der Waals surface area contributed by atoms with Crippen LogP contribution >= 0.6 is 0 Å². The molecular weight excluding hydrogens is 168 g/mol. The number of hydrogen-bond acceptors (Lipinski definition) is 2. The smallest absolute Gasteiger partial charge is 0.327 e. The molecule has 1 aliphatic rings. The first-order chi connectivity index (χ1) is 6.18. The number of carboxylic acids is 1. The third-order valence-corrected chi connectivity index (χ3v) is 2.39. The SMILES string of the molecule is O=C(O)/C=C/CC1CCC(=O)CC1. The minimum atomic E-state index is -0.896. The molecule has 1 rings (SSSR count). The van der Waals surface area contributed by atoms with Crippen molar-refractivity contribution in [2.75, 3.05) is 0 Å². The monoisotopic (exact) mass is 182 g/mol. The highest BCUT2D eigenvalue weighted by atomic mass is 16.4. The highest BCUT2D eigenvalue weighted by Crippen LogP contribution is 2.24. The molecule has 1 aliphatic carbocycles. The molecule has 1 fully saturated rings. The molecule has 0 aromatic carbocycles. The van der Waals surface area contributed by atoms with Crippen LogP contribution in [0, 0.1) is 5.92 Å². The molecular formula is C10H14O3. The fraction of sp³-hybridized carbons (Fsp3) is 0.600. The molecule has 0 spiro atoms. The lowest BCUT2D eigenvalue weighted by Crippen LogP contribution is -2.13. The molecule has 3 nitrogen and oxygen atoms in total. The van der Waals surface area contributed by atoms with Crippen molar-refractivity contribution in [1.82, 2.24) is 0 Å². The van der Waals surface area contributed by atoms with Gasteiger partial charge in [-0.15, -0.1) is 0 Å². The fourth-order valence-electron chi connectivity index (χ4n) is 1.60. The van der Waals surface area contributed by atoms with Crippen LogP contribution in [0.5, 0.6) is 0 Å². The van der Waals surface area contributed by atoms with E-state index in [-0.39, 0.29) is 0 Å². The Morgan fingerprint density at radius 2 is 2.08 bits per heavy atom. The van der Waals surface area contributed by atoms with Gasteiger partial charge in [-0.1, -0.05) is 6.08 Å². The predicted molar refractivity (Wildman–Crippen MR) is 48.4 cm³/mol. The first kappa shape index (κ1) is 9.96. The Balaban J connectivity index is 2.23. The molecule has 0 aromatic rings. The second kappa shape index (κ2) is 4.80. The van der Waals surface area contributed by atoms with Gasteiger partial charge in [0.15, 0.2) is 0 Å². The Hall–Kier alpha value is -1.12. The third kappa shape index (κ3) is 3.87. The molecule has 0 heterocycles. The summed E-state index contributed by atoms with van der Waals surface area (Å²) >= 11 is 0. The van der Waals surface area contributed by atoms with Crippen molar-refractivity contribution in [2.24, 2.45) is 5.92 Å². The summed E-state index contributed by atoms with van der Waals surface area (Å²) in [6.45, 7) is 0. The maximum atomic E-state index is 10.9. The average molecular weight is 182 g/mol. The number of aliphatic carboxylic acids is 1. The van der Waals surface area contributed by atoms with Crippen LogP contribution in [0.25, 0.3) is 0 Å². The number of allylic oxidation sites excluding steroid dienone is 1. The quantitative estimate of drug-likeness (QED) is 0.677. The van der Waals surface area contributed by atoms with Gasteiger partial charge in [0.2, 0.25) is 0 Å². The summed E-state index contributed by atoms with van der Waals surface area (Å²) in [7, 11) is 0. The van der Waals surface area contributed by atoms with Crippen LogP contribution in [0.15, 0.2) is 12.2 Å². The van der Waals surface area contributed by atoms with E-state index in [1.54, 1.807) is 6.08 Å². The van der Waals surface area contributed by atoms with Crippen LogP contribution in [0.2, 0.25) is 0 Å². The minimum Gasteiger partial charge on any atom is -0.478 e. The normalized spacial score (nSPS) is 19.5. The van der Waals surface area contributed by atoms with Crippen LogP contribution in [0.4, 0.5) is 0 Å².